The zero-order valence-corrected chi connectivity index (χ0v) is 14.5. The van der Waals surface area contributed by atoms with E-state index < -0.39 is 10.0 Å². The summed E-state index contributed by atoms with van der Waals surface area (Å²) in [5, 5.41) is 0. The van der Waals surface area contributed by atoms with E-state index in [0.29, 0.717) is 37.5 Å². The van der Waals surface area contributed by atoms with Crippen LogP contribution in [-0.2, 0) is 14.8 Å². The molecule has 1 aliphatic heterocycles. The van der Waals surface area contributed by atoms with Crippen molar-refractivity contribution in [3.63, 3.8) is 0 Å². The first-order valence-electron chi connectivity index (χ1n) is 7.57. The topological polar surface area (TPSA) is 57.7 Å². The second kappa shape index (κ2) is 6.38. The Bertz CT molecular complexity index is 683. The normalized spacial score (nSPS) is 17.4. The smallest absolute Gasteiger partial charge is 0.243 e. The van der Waals surface area contributed by atoms with E-state index in [1.807, 2.05) is 26.8 Å². The van der Waals surface area contributed by atoms with Crippen LogP contribution in [0.25, 0.3) is 0 Å². The lowest BCUT2D eigenvalue weighted by Gasteiger charge is -2.22. The third kappa shape index (κ3) is 3.33. The molecule has 0 N–H and O–H groups in total. The Hall–Kier alpha value is -1.40. The monoisotopic (exact) mass is 324 g/mol. The van der Waals surface area contributed by atoms with Gasteiger partial charge in [-0.15, -0.1) is 0 Å². The third-order valence-electron chi connectivity index (χ3n) is 4.31. The average molecular weight is 324 g/mol. The van der Waals surface area contributed by atoms with Crippen molar-refractivity contribution in [2.75, 3.05) is 26.2 Å². The minimum absolute atomic E-state index is 0.00149. The van der Waals surface area contributed by atoms with Crippen LogP contribution in [-0.4, -0.2) is 49.7 Å². The molecule has 1 saturated heterocycles. The molecule has 0 aromatic heterocycles. The Balaban J connectivity index is 2.31. The van der Waals surface area contributed by atoms with Gasteiger partial charge in [-0.05, 0) is 49.9 Å². The van der Waals surface area contributed by atoms with Crippen molar-refractivity contribution in [1.82, 2.24) is 9.21 Å². The highest BCUT2D eigenvalue weighted by atomic mass is 32.2. The van der Waals surface area contributed by atoms with Gasteiger partial charge in [-0.25, -0.2) is 8.42 Å². The first-order chi connectivity index (χ1) is 10.2. The Labute approximate surface area is 133 Å². The maximum atomic E-state index is 12.9. The quantitative estimate of drug-likeness (QED) is 0.834. The molecule has 22 heavy (non-hydrogen) atoms. The average Bonchev–Trinajstić information content (AvgIpc) is 2.69. The van der Waals surface area contributed by atoms with Crippen molar-refractivity contribution in [3.05, 3.63) is 28.8 Å². The number of carbonyl (C=O) groups is 1. The predicted molar refractivity (Wildman–Crippen MR) is 86.3 cm³/mol. The van der Waals surface area contributed by atoms with Gasteiger partial charge in [-0.2, -0.15) is 4.31 Å². The van der Waals surface area contributed by atoms with E-state index in [2.05, 4.69) is 0 Å². The van der Waals surface area contributed by atoms with Gasteiger partial charge in [-0.3, -0.25) is 4.79 Å². The first kappa shape index (κ1) is 17.0. The number of hydrogen-bond acceptors (Lipinski definition) is 3. The number of amides is 1. The minimum atomic E-state index is -3.51. The Kier molecular flexibility index (Phi) is 4.92. The number of rotatable bonds is 2. The van der Waals surface area contributed by atoms with E-state index in [-0.39, 0.29) is 5.91 Å². The van der Waals surface area contributed by atoms with E-state index in [9.17, 15) is 13.2 Å². The van der Waals surface area contributed by atoms with Crippen LogP contribution in [0.5, 0.6) is 0 Å². The number of sulfonamides is 1. The van der Waals surface area contributed by atoms with E-state index in [1.165, 1.54) is 11.2 Å². The van der Waals surface area contributed by atoms with Crippen molar-refractivity contribution in [2.24, 2.45) is 0 Å². The molecule has 0 bridgehead atoms. The fourth-order valence-electron chi connectivity index (χ4n) is 2.80. The zero-order chi connectivity index (χ0) is 16.5. The van der Waals surface area contributed by atoms with Crippen LogP contribution in [0.1, 0.15) is 30.0 Å². The molecule has 122 valence electrons. The second-order valence-corrected chi connectivity index (χ2v) is 7.87. The summed E-state index contributed by atoms with van der Waals surface area (Å²) in [6, 6.07) is 3.68. The Morgan fingerprint density at radius 1 is 0.955 bits per heavy atom. The molecule has 5 nitrogen and oxygen atoms in total. The Morgan fingerprint density at radius 3 is 2.23 bits per heavy atom. The van der Waals surface area contributed by atoms with Crippen LogP contribution < -0.4 is 0 Å². The number of hydrogen-bond donors (Lipinski definition) is 0. The van der Waals surface area contributed by atoms with E-state index >= 15 is 0 Å². The van der Waals surface area contributed by atoms with E-state index in [1.54, 1.807) is 11.0 Å². The Morgan fingerprint density at radius 2 is 1.59 bits per heavy atom. The summed E-state index contributed by atoms with van der Waals surface area (Å²) in [7, 11) is -3.51. The summed E-state index contributed by atoms with van der Waals surface area (Å²) in [5.41, 5.74) is 2.84. The van der Waals surface area contributed by atoms with Crippen LogP contribution in [0.15, 0.2) is 17.0 Å². The van der Waals surface area contributed by atoms with Crippen LogP contribution in [0.4, 0.5) is 0 Å². The summed E-state index contributed by atoms with van der Waals surface area (Å²) >= 11 is 0. The van der Waals surface area contributed by atoms with Gasteiger partial charge in [0, 0.05) is 33.1 Å². The molecular formula is C16H24N2O3S. The molecule has 6 heteroatoms. The lowest BCUT2D eigenvalue weighted by molar-refractivity contribution is -0.128. The van der Waals surface area contributed by atoms with Crippen molar-refractivity contribution < 1.29 is 13.2 Å². The van der Waals surface area contributed by atoms with Crippen LogP contribution in [0, 0.1) is 20.8 Å². The summed E-state index contributed by atoms with van der Waals surface area (Å²) in [4.78, 5) is 13.6. The number of benzene rings is 1. The van der Waals surface area contributed by atoms with E-state index in [4.69, 9.17) is 0 Å². The molecule has 1 aromatic carbocycles. The molecule has 0 aliphatic carbocycles. The van der Waals surface area contributed by atoms with Crippen molar-refractivity contribution in [3.8, 4) is 0 Å². The number of aryl methyl sites for hydroxylation is 3. The fourth-order valence-corrected chi connectivity index (χ4v) is 4.56. The standard InChI is InChI=1S/C16H24N2O3S/c1-12-10-14(3)16(11-13(12)2)22(20,21)18-7-5-6-17(8-9-18)15(4)19/h10-11H,5-9H2,1-4H3. The van der Waals surface area contributed by atoms with Gasteiger partial charge in [0.05, 0.1) is 4.90 Å². The third-order valence-corrected chi connectivity index (χ3v) is 6.35. The molecule has 2 rings (SSSR count). The maximum Gasteiger partial charge on any atom is 0.243 e. The molecule has 0 radical (unpaired) electrons. The first-order valence-corrected chi connectivity index (χ1v) is 9.01. The molecule has 0 saturated carbocycles. The molecule has 0 spiro atoms. The molecule has 0 unspecified atom stereocenters. The van der Waals surface area contributed by atoms with Crippen molar-refractivity contribution in [1.29, 1.82) is 0 Å². The number of nitrogens with zero attached hydrogens (tertiary/aromatic N) is 2. The van der Waals surface area contributed by atoms with Crippen LogP contribution in [0.3, 0.4) is 0 Å². The predicted octanol–water partition coefficient (Wildman–Crippen LogP) is 1.85. The highest BCUT2D eigenvalue weighted by Gasteiger charge is 2.28. The van der Waals surface area contributed by atoms with Gasteiger partial charge >= 0.3 is 0 Å². The van der Waals surface area contributed by atoms with Gasteiger partial charge in [0.1, 0.15) is 0 Å². The molecule has 1 heterocycles. The maximum absolute atomic E-state index is 12.9. The van der Waals surface area contributed by atoms with Crippen LogP contribution >= 0.6 is 0 Å². The van der Waals surface area contributed by atoms with Crippen LogP contribution in [0.2, 0.25) is 0 Å². The van der Waals surface area contributed by atoms with Gasteiger partial charge in [0.25, 0.3) is 0 Å². The van der Waals surface area contributed by atoms with Gasteiger partial charge < -0.3 is 4.90 Å². The molecule has 1 aliphatic rings. The van der Waals surface area contributed by atoms with Gasteiger partial charge in [0.2, 0.25) is 15.9 Å². The molecule has 0 atom stereocenters. The summed E-state index contributed by atoms with van der Waals surface area (Å²) < 4.78 is 27.4. The lowest BCUT2D eigenvalue weighted by Crippen LogP contribution is -2.36. The highest BCUT2D eigenvalue weighted by Crippen LogP contribution is 2.24. The highest BCUT2D eigenvalue weighted by molar-refractivity contribution is 7.89. The number of carbonyl (C=O) groups excluding carboxylic acids is 1. The molecule has 1 amide bonds. The zero-order valence-electron chi connectivity index (χ0n) is 13.7. The van der Waals surface area contributed by atoms with Gasteiger partial charge in [0.15, 0.2) is 0 Å². The van der Waals surface area contributed by atoms with Gasteiger partial charge in [-0.1, -0.05) is 6.07 Å². The minimum Gasteiger partial charge on any atom is -0.342 e. The summed E-state index contributed by atoms with van der Waals surface area (Å²) in [6.07, 6.45) is 0.669. The van der Waals surface area contributed by atoms with E-state index in [0.717, 1.165) is 16.7 Å². The van der Waals surface area contributed by atoms with Crippen molar-refractivity contribution in [2.45, 2.75) is 39.0 Å². The lowest BCUT2D eigenvalue weighted by atomic mass is 10.1. The van der Waals surface area contributed by atoms with Crippen molar-refractivity contribution >= 4 is 15.9 Å². The molecule has 1 aromatic rings. The fraction of sp³-hybridized carbons (Fsp3) is 0.562. The molecule has 1 fully saturated rings. The second-order valence-electron chi connectivity index (χ2n) is 5.97. The largest absolute Gasteiger partial charge is 0.342 e. The molecular weight excluding hydrogens is 300 g/mol. The summed E-state index contributed by atoms with van der Waals surface area (Å²) in [6.45, 7) is 9.15. The SMILES string of the molecule is CC(=O)N1CCCN(S(=O)(=O)c2cc(C)c(C)cc2C)CC1. The summed E-state index contributed by atoms with van der Waals surface area (Å²) in [5.74, 6) is 0.00149.